The first-order valence-electron chi connectivity index (χ1n) is 6.21. The van der Waals surface area contributed by atoms with Gasteiger partial charge in [0.2, 0.25) is 0 Å². The van der Waals surface area contributed by atoms with E-state index in [4.69, 9.17) is 10.1 Å². The molecule has 1 aliphatic rings. The number of carbonyl (C=O) groups is 2. The molecule has 0 aromatic rings. The number of likely N-dealkylation sites (tertiary alicyclic amines) is 1. The van der Waals surface area contributed by atoms with Gasteiger partial charge in [-0.05, 0) is 33.6 Å². The molecule has 1 fully saturated rings. The number of amides is 1. The first kappa shape index (κ1) is 14.7. The lowest BCUT2D eigenvalue weighted by molar-refractivity contribution is -0.123. The van der Waals surface area contributed by atoms with Crippen LogP contribution in [0.4, 0.5) is 4.79 Å². The van der Waals surface area contributed by atoms with Crippen LogP contribution in [0, 0.1) is 10.8 Å². The predicted molar refractivity (Wildman–Crippen MR) is 68.9 cm³/mol. The van der Waals surface area contributed by atoms with Crippen LogP contribution in [0.15, 0.2) is 0 Å². The van der Waals surface area contributed by atoms with E-state index in [1.807, 2.05) is 20.8 Å². The summed E-state index contributed by atoms with van der Waals surface area (Å²) in [6.07, 6.45) is 1.93. The molecule has 0 aliphatic carbocycles. The standard InChI is InChI=1S/C13H22N2O3/c1-12(2,3)18-11(17)15-7-5-6-13(4,9-15)10(16)8-14/h8,14H,5-7,9H2,1-4H3. The molecule has 5 heteroatoms. The van der Waals surface area contributed by atoms with Crippen LogP contribution >= 0.6 is 0 Å². The summed E-state index contributed by atoms with van der Waals surface area (Å²) in [6.45, 7) is 8.19. The van der Waals surface area contributed by atoms with Crippen LogP contribution in [0.3, 0.4) is 0 Å². The van der Waals surface area contributed by atoms with Crippen molar-refractivity contribution in [2.24, 2.45) is 5.41 Å². The third-order valence-corrected chi connectivity index (χ3v) is 3.07. The number of rotatable bonds is 2. The lowest BCUT2D eigenvalue weighted by Gasteiger charge is -2.39. The molecule has 102 valence electrons. The number of hydrogen-bond donors (Lipinski definition) is 1. The molecular weight excluding hydrogens is 232 g/mol. The fourth-order valence-corrected chi connectivity index (χ4v) is 2.10. The van der Waals surface area contributed by atoms with Crippen molar-refractivity contribution >= 4 is 18.1 Å². The molecule has 0 bridgehead atoms. The molecule has 0 saturated carbocycles. The minimum absolute atomic E-state index is 0.226. The van der Waals surface area contributed by atoms with E-state index in [0.717, 1.165) is 12.6 Å². The van der Waals surface area contributed by atoms with E-state index in [-0.39, 0.29) is 11.9 Å². The molecule has 1 atom stereocenters. The van der Waals surface area contributed by atoms with Gasteiger partial charge in [-0.3, -0.25) is 4.79 Å². The molecule has 5 nitrogen and oxygen atoms in total. The fourth-order valence-electron chi connectivity index (χ4n) is 2.10. The van der Waals surface area contributed by atoms with Gasteiger partial charge in [-0.2, -0.15) is 0 Å². The zero-order valence-electron chi connectivity index (χ0n) is 11.6. The van der Waals surface area contributed by atoms with Gasteiger partial charge in [0.05, 0.1) is 6.21 Å². The Kier molecular flexibility index (Phi) is 4.14. The third kappa shape index (κ3) is 3.55. The second-order valence-corrected chi connectivity index (χ2v) is 6.07. The average molecular weight is 254 g/mol. The minimum atomic E-state index is -0.642. The second kappa shape index (κ2) is 5.08. The molecule has 0 spiro atoms. The maximum atomic E-state index is 11.9. The fraction of sp³-hybridized carbons (Fsp3) is 0.769. The van der Waals surface area contributed by atoms with Crippen molar-refractivity contribution in [3.05, 3.63) is 0 Å². The van der Waals surface area contributed by atoms with Crippen LogP contribution in [-0.2, 0) is 9.53 Å². The maximum absolute atomic E-state index is 11.9. The monoisotopic (exact) mass is 254 g/mol. The van der Waals surface area contributed by atoms with Crippen molar-refractivity contribution < 1.29 is 14.3 Å². The molecule has 1 saturated heterocycles. The number of hydrogen-bond acceptors (Lipinski definition) is 4. The summed E-state index contributed by atoms with van der Waals surface area (Å²) in [5.74, 6) is -0.226. The molecule has 0 aromatic heterocycles. The van der Waals surface area contributed by atoms with Crippen molar-refractivity contribution in [3.63, 3.8) is 0 Å². The maximum Gasteiger partial charge on any atom is 0.410 e. The molecule has 0 radical (unpaired) electrons. The summed E-state index contributed by atoms with van der Waals surface area (Å²) in [5.41, 5.74) is -1.17. The molecule has 1 unspecified atom stereocenters. The highest BCUT2D eigenvalue weighted by Gasteiger charge is 2.39. The van der Waals surface area contributed by atoms with Gasteiger partial charge in [-0.25, -0.2) is 4.79 Å². The molecule has 18 heavy (non-hydrogen) atoms. The number of nitrogens with one attached hydrogen (secondary N) is 1. The first-order valence-corrected chi connectivity index (χ1v) is 6.21. The van der Waals surface area contributed by atoms with Gasteiger partial charge < -0.3 is 15.0 Å². The van der Waals surface area contributed by atoms with Gasteiger partial charge in [0.15, 0.2) is 5.78 Å². The highest BCUT2D eigenvalue weighted by molar-refractivity contribution is 6.28. The molecule has 1 heterocycles. The van der Waals surface area contributed by atoms with Crippen molar-refractivity contribution in [3.8, 4) is 0 Å². The molecule has 1 aliphatic heterocycles. The topological polar surface area (TPSA) is 70.5 Å². The van der Waals surface area contributed by atoms with E-state index >= 15 is 0 Å². The van der Waals surface area contributed by atoms with Crippen molar-refractivity contribution in [1.82, 2.24) is 4.90 Å². The lowest BCUT2D eigenvalue weighted by atomic mass is 9.78. The zero-order chi connectivity index (χ0) is 14.0. The van der Waals surface area contributed by atoms with E-state index < -0.39 is 11.0 Å². The first-order chi connectivity index (χ1) is 8.18. The quantitative estimate of drug-likeness (QED) is 0.768. The number of piperidine rings is 1. The number of Topliss-reactive ketones (excluding diaryl/α,β-unsaturated/α-hetero) is 1. The highest BCUT2D eigenvalue weighted by Crippen LogP contribution is 2.30. The van der Waals surface area contributed by atoms with Gasteiger partial charge in [0.1, 0.15) is 5.60 Å². The van der Waals surface area contributed by atoms with E-state index in [2.05, 4.69) is 0 Å². The number of nitrogens with zero attached hydrogens (tertiary/aromatic N) is 1. The van der Waals surface area contributed by atoms with Crippen LogP contribution < -0.4 is 0 Å². The highest BCUT2D eigenvalue weighted by atomic mass is 16.6. The average Bonchev–Trinajstić information content (AvgIpc) is 2.25. The van der Waals surface area contributed by atoms with E-state index in [1.165, 1.54) is 0 Å². The normalized spacial score (nSPS) is 24.6. The van der Waals surface area contributed by atoms with E-state index in [1.54, 1.807) is 11.8 Å². The molecular formula is C13H22N2O3. The van der Waals surface area contributed by atoms with Crippen LogP contribution in [0.25, 0.3) is 0 Å². The van der Waals surface area contributed by atoms with Crippen molar-refractivity contribution in [1.29, 1.82) is 5.41 Å². The summed E-state index contributed by atoms with van der Waals surface area (Å²) in [4.78, 5) is 25.2. The second-order valence-electron chi connectivity index (χ2n) is 6.07. The van der Waals surface area contributed by atoms with Crippen molar-refractivity contribution in [2.45, 2.75) is 46.1 Å². The van der Waals surface area contributed by atoms with Crippen LogP contribution in [0.2, 0.25) is 0 Å². The zero-order valence-corrected chi connectivity index (χ0v) is 11.6. The van der Waals surface area contributed by atoms with Crippen LogP contribution in [-0.4, -0.2) is 41.7 Å². The number of carbonyl (C=O) groups excluding carboxylic acids is 2. The van der Waals surface area contributed by atoms with Gasteiger partial charge >= 0.3 is 6.09 Å². The molecule has 1 rings (SSSR count). The predicted octanol–water partition coefficient (Wildman–Crippen LogP) is 2.24. The van der Waals surface area contributed by atoms with Crippen LogP contribution in [0.1, 0.15) is 40.5 Å². The summed E-state index contributed by atoms with van der Waals surface area (Å²) in [6, 6.07) is 0. The van der Waals surface area contributed by atoms with E-state index in [9.17, 15) is 9.59 Å². The van der Waals surface area contributed by atoms with Gasteiger partial charge in [-0.15, -0.1) is 0 Å². The smallest absolute Gasteiger partial charge is 0.410 e. The Balaban J connectivity index is 2.72. The SMILES string of the molecule is CC(C)(C)OC(=O)N1CCCC(C)(C(=O)C=N)C1. The molecule has 1 amide bonds. The largest absolute Gasteiger partial charge is 0.444 e. The Morgan fingerprint density at radius 2 is 2.00 bits per heavy atom. The Hall–Kier alpha value is -1.39. The van der Waals surface area contributed by atoms with Crippen LogP contribution in [0.5, 0.6) is 0 Å². The third-order valence-electron chi connectivity index (χ3n) is 3.07. The summed E-state index contributed by atoms with van der Waals surface area (Å²) >= 11 is 0. The Morgan fingerprint density at radius 3 is 2.50 bits per heavy atom. The summed E-state index contributed by atoms with van der Waals surface area (Å²) in [7, 11) is 0. The minimum Gasteiger partial charge on any atom is -0.444 e. The lowest BCUT2D eigenvalue weighted by Crippen LogP contribution is -2.50. The van der Waals surface area contributed by atoms with Gasteiger partial charge in [0.25, 0.3) is 0 Å². The van der Waals surface area contributed by atoms with Gasteiger partial charge in [0, 0.05) is 18.5 Å². The molecule has 1 N–H and O–H groups in total. The Labute approximate surface area is 108 Å². The Morgan fingerprint density at radius 1 is 1.39 bits per heavy atom. The van der Waals surface area contributed by atoms with Crippen molar-refractivity contribution in [2.75, 3.05) is 13.1 Å². The number of ether oxygens (including phenoxy) is 1. The van der Waals surface area contributed by atoms with E-state index in [0.29, 0.717) is 19.5 Å². The van der Waals surface area contributed by atoms with Gasteiger partial charge in [-0.1, -0.05) is 6.92 Å². The molecule has 0 aromatic carbocycles. The summed E-state index contributed by atoms with van der Waals surface area (Å²) < 4.78 is 5.30. The summed E-state index contributed by atoms with van der Waals surface area (Å²) in [5, 5.41) is 7.08. The Bertz CT molecular complexity index is 360. The number of ketones is 1.